The van der Waals surface area contributed by atoms with Crippen LogP contribution in [0.3, 0.4) is 0 Å². The molecule has 1 fully saturated rings. The summed E-state index contributed by atoms with van der Waals surface area (Å²) < 4.78 is 24.1. The van der Waals surface area contributed by atoms with Gasteiger partial charge >= 0.3 is 0 Å². The quantitative estimate of drug-likeness (QED) is 0.892. The molecule has 0 spiro atoms. The van der Waals surface area contributed by atoms with Gasteiger partial charge in [-0.05, 0) is 37.4 Å². The van der Waals surface area contributed by atoms with E-state index in [1.807, 2.05) is 12.1 Å². The minimum Gasteiger partial charge on any atom is -0.309 e. The summed E-state index contributed by atoms with van der Waals surface area (Å²) in [6.45, 7) is 4.69. The van der Waals surface area contributed by atoms with Crippen LogP contribution in [-0.2, 0) is 16.3 Å². The lowest BCUT2D eigenvalue weighted by Gasteiger charge is -2.16. The van der Waals surface area contributed by atoms with Gasteiger partial charge in [-0.25, -0.2) is 8.42 Å². The Balaban J connectivity index is 2.21. The minimum absolute atomic E-state index is 0.0640. The van der Waals surface area contributed by atoms with Crippen molar-refractivity contribution in [3.05, 3.63) is 35.4 Å². The average Bonchev–Trinajstić information content (AvgIpc) is 2.49. The number of aryl methyl sites for hydroxylation is 1. The van der Waals surface area contributed by atoms with Gasteiger partial charge in [0.05, 0.1) is 11.0 Å². The van der Waals surface area contributed by atoms with E-state index in [4.69, 9.17) is 0 Å². The van der Waals surface area contributed by atoms with Gasteiger partial charge in [0.15, 0.2) is 9.84 Å². The van der Waals surface area contributed by atoms with Crippen LogP contribution in [-0.4, -0.2) is 26.0 Å². The fourth-order valence-corrected chi connectivity index (χ4v) is 3.88. The van der Waals surface area contributed by atoms with Crippen LogP contribution in [0.25, 0.3) is 0 Å². The van der Waals surface area contributed by atoms with Gasteiger partial charge in [0.25, 0.3) is 0 Å². The lowest BCUT2D eigenvalue weighted by atomic mass is 10.0. The first-order valence-corrected chi connectivity index (χ1v) is 8.28. The van der Waals surface area contributed by atoms with E-state index in [9.17, 15) is 8.42 Å². The molecule has 1 aromatic carbocycles. The Hall–Kier alpha value is -0.870. The fourth-order valence-electron chi connectivity index (χ4n) is 2.30. The molecule has 0 radical (unpaired) electrons. The van der Waals surface area contributed by atoms with Gasteiger partial charge < -0.3 is 5.32 Å². The molecule has 2 atom stereocenters. The van der Waals surface area contributed by atoms with Crippen LogP contribution in [0.4, 0.5) is 0 Å². The van der Waals surface area contributed by atoms with E-state index in [1.54, 1.807) is 6.92 Å². The Bertz CT molecular complexity index is 493. The van der Waals surface area contributed by atoms with Crippen molar-refractivity contribution in [1.82, 2.24) is 5.32 Å². The zero-order chi connectivity index (χ0) is 13.2. The molecule has 0 amide bonds. The molecule has 0 aromatic heterocycles. The molecule has 1 aliphatic rings. The highest BCUT2D eigenvalue weighted by Crippen LogP contribution is 2.22. The highest BCUT2D eigenvalue weighted by molar-refractivity contribution is 7.92. The van der Waals surface area contributed by atoms with E-state index in [0.717, 1.165) is 18.5 Å². The molecule has 1 aliphatic heterocycles. The number of hydrogen-bond acceptors (Lipinski definition) is 3. The summed E-state index contributed by atoms with van der Waals surface area (Å²) in [6, 6.07) is 8.19. The Morgan fingerprint density at radius 3 is 2.56 bits per heavy atom. The maximum Gasteiger partial charge on any atom is 0.154 e. The highest BCUT2D eigenvalue weighted by Gasteiger charge is 2.29. The zero-order valence-electron chi connectivity index (χ0n) is 11.0. The van der Waals surface area contributed by atoms with Gasteiger partial charge in [-0.15, -0.1) is 0 Å². The Morgan fingerprint density at radius 2 is 1.94 bits per heavy atom. The monoisotopic (exact) mass is 267 g/mol. The Kier molecular flexibility index (Phi) is 4.07. The Morgan fingerprint density at radius 1 is 1.28 bits per heavy atom. The number of rotatable bonds is 2. The molecule has 1 aromatic rings. The van der Waals surface area contributed by atoms with E-state index in [1.165, 1.54) is 5.56 Å². The smallest absolute Gasteiger partial charge is 0.154 e. The van der Waals surface area contributed by atoms with Gasteiger partial charge in [-0.3, -0.25) is 0 Å². The zero-order valence-corrected chi connectivity index (χ0v) is 11.8. The number of hydrogen-bond donors (Lipinski definition) is 1. The molecule has 4 heteroatoms. The summed E-state index contributed by atoms with van der Waals surface area (Å²) in [7, 11) is -2.97. The third kappa shape index (κ3) is 2.93. The first kappa shape index (κ1) is 13.6. The van der Waals surface area contributed by atoms with Crippen LogP contribution in [0.2, 0.25) is 0 Å². The molecule has 0 aliphatic carbocycles. The van der Waals surface area contributed by atoms with Gasteiger partial charge in [-0.2, -0.15) is 0 Å². The van der Waals surface area contributed by atoms with E-state index in [2.05, 4.69) is 24.4 Å². The first-order valence-electron chi connectivity index (χ1n) is 6.56. The van der Waals surface area contributed by atoms with Crippen molar-refractivity contribution >= 4 is 9.84 Å². The van der Waals surface area contributed by atoms with E-state index in [-0.39, 0.29) is 17.0 Å². The van der Waals surface area contributed by atoms with Gasteiger partial charge in [0, 0.05) is 6.04 Å². The van der Waals surface area contributed by atoms with Crippen LogP contribution in [0, 0.1) is 0 Å². The second-order valence-electron chi connectivity index (χ2n) is 5.03. The molecule has 1 N–H and O–H groups in total. The summed E-state index contributed by atoms with van der Waals surface area (Å²) in [5.41, 5.74) is 2.36. The van der Waals surface area contributed by atoms with Crippen molar-refractivity contribution in [3.8, 4) is 0 Å². The highest BCUT2D eigenvalue weighted by atomic mass is 32.2. The van der Waals surface area contributed by atoms with Gasteiger partial charge in [0.2, 0.25) is 0 Å². The largest absolute Gasteiger partial charge is 0.309 e. The van der Waals surface area contributed by atoms with Crippen LogP contribution < -0.4 is 5.32 Å². The second kappa shape index (κ2) is 5.41. The first-order chi connectivity index (χ1) is 8.53. The van der Waals surface area contributed by atoms with Crippen LogP contribution in [0.15, 0.2) is 24.3 Å². The predicted molar refractivity (Wildman–Crippen MR) is 74.4 cm³/mol. The standard InChI is InChI=1S/C14H21NO2S/c1-3-12-4-6-13(7-5-12)14-10-18(16,17)11(2)8-9-15-14/h4-7,11,14-15H,3,8-10H2,1-2H3. The number of benzene rings is 1. The van der Waals surface area contributed by atoms with Crippen LogP contribution in [0.5, 0.6) is 0 Å². The lowest BCUT2D eigenvalue weighted by molar-refractivity contribution is 0.572. The van der Waals surface area contributed by atoms with E-state index >= 15 is 0 Å². The van der Waals surface area contributed by atoms with E-state index < -0.39 is 9.84 Å². The summed E-state index contributed by atoms with van der Waals surface area (Å²) >= 11 is 0. The molecule has 0 saturated carbocycles. The summed E-state index contributed by atoms with van der Waals surface area (Å²) in [5, 5.41) is 3.11. The fraction of sp³-hybridized carbons (Fsp3) is 0.571. The second-order valence-corrected chi connectivity index (χ2v) is 7.49. The Labute approximate surface area is 110 Å². The maximum absolute atomic E-state index is 12.1. The SMILES string of the molecule is CCc1ccc(C2CS(=O)(=O)C(C)CCN2)cc1. The third-order valence-corrected chi connectivity index (χ3v) is 6.00. The van der Waals surface area contributed by atoms with Crippen molar-refractivity contribution in [3.63, 3.8) is 0 Å². The average molecular weight is 267 g/mol. The van der Waals surface area contributed by atoms with Gasteiger partial charge in [-0.1, -0.05) is 31.2 Å². The minimum atomic E-state index is -2.97. The normalized spacial score (nSPS) is 27.7. The van der Waals surface area contributed by atoms with Crippen molar-refractivity contribution in [2.75, 3.05) is 12.3 Å². The van der Waals surface area contributed by atoms with Crippen molar-refractivity contribution < 1.29 is 8.42 Å². The summed E-state index contributed by atoms with van der Waals surface area (Å²) in [6.07, 6.45) is 1.71. The molecule has 0 bridgehead atoms. The molecule has 3 nitrogen and oxygen atoms in total. The molecule has 2 unspecified atom stereocenters. The maximum atomic E-state index is 12.1. The number of sulfone groups is 1. The van der Waals surface area contributed by atoms with Crippen molar-refractivity contribution in [2.45, 2.75) is 38.0 Å². The van der Waals surface area contributed by atoms with Crippen LogP contribution in [0.1, 0.15) is 37.4 Å². The van der Waals surface area contributed by atoms with Crippen molar-refractivity contribution in [2.24, 2.45) is 0 Å². The summed E-state index contributed by atoms with van der Waals surface area (Å²) in [5.74, 6) is 0.208. The molecular formula is C14H21NO2S. The van der Waals surface area contributed by atoms with E-state index in [0.29, 0.717) is 6.42 Å². The molecule has 100 valence electrons. The molecule has 1 saturated heterocycles. The van der Waals surface area contributed by atoms with Crippen LogP contribution >= 0.6 is 0 Å². The molecule has 18 heavy (non-hydrogen) atoms. The van der Waals surface area contributed by atoms with Crippen molar-refractivity contribution in [1.29, 1.82) is 0 Å². The summed E-state index contributed by atoms with van der Waals surface area (Å²) in [4.78, 5) is 0. The van der Waals surface area contributed by atoms with Gasteiger partial charge in [0.1, 0.15) is 0 Å². The number of nitrogens with one attached hydrogen (secondary N) is 1. The molecule has 1 heterocycles. The molecular weight excluding hydrogens is 246 g/mol. The molecule has 2 rings (SSSR count). The lowest BCUT2D eigenvalue weighted by Crippen LogP contribution is -2.26. The third-order valence-electron chi connectivity index (χ3n) is 3.74. The topological polar surface area (TPSA) is 46.2 Å². The predicted octanol–water partition coefficient (Wildman–Crippen LogP) is 2.09.